The molecule has 0 spiro atoms. The van der Waals surface area contributed by atoms with E-state index < -0.39 is 0 Å². The van der Waals surface area contributed by atoms with Crippen LogP contribution in [0.15, 0.2) is 4.42 Å². The molecule has 0 aromatic carbocycles. The van der Waals surface area contributed by atoms with Gasteiger partial charge in [0, 0.05) is 20.5 Å². The number of hydrogen-bond donors (Lipinski definition) is 1. The minimum absolute atomic E-state index is 0.135. The smallest absolute Gasteiger partial charge is 0.291 e. The Morgan fingerprint density at radius 1 is 1.53 bits per heavy atom. The monoisotopic (exact) mass is 238 g/mol. The van der Waals surface area contributed by atoms with Crippen LogP contribution in [0.5, 0.6) is 0 Å². The lowest BCUT2D eigenvalue weighted by Crippen LogP contribution is -2.39. The standard InChI is InChI=1S/C12H18N2O3/c1-7-11(17-8(2)13-7)12(16)14(3)6-9-4-10(15)5-9/h9-10,15H,4-6H2,1-3H3. The number of aromatic nitrogens is 1. The van der Waals surface area contributed by atoms with Crippen molar-refractivity contribution in [3.63, 3.8) is 0 Å². The third-order valence-corrected chi connectivity index (χ3v) is 3.19. The Bertz CT molecular complexity index is 421. The summed E-state index contributed by atoms with van der Waals surface area (Å²) < 4.78 is 5.30. The van der Waals surface area contributed by atoms with Crippen LogP contribution in [0.4, 0.5) is 0 Å². The first kappa shape index (κ1) is 12.1. The number of amides is 1. The van der Waals surface area contributed by atoms with Gasteiger partial charge in [-0.1, -0.05) is 0 Å². The number of oxazole rings is 1. The van der Waals surface area contributed by atoms with Crippen LogP contribution < -0.4 is 0 Å². The summed E-state index contributed by atoms with van der Waals surface area (Å²) in [6.07, 6.45) is 1.38. The van der Waals surface area contributed by atoms with Crippen molar-refractivity contribution in [2.24, 2.45) is 5.92 Å². The summed E-state index contributed by atoms with van der Waals surface area (Å²) in [5.74, 6) is 1.11. The first-order chi connectivity index (χ1) is 7.97. The maximum atomic E-state index is 12.1. The van der Waals surface area contributed by atoms with Crippen molar-refractivity contribution in [2.45, 2.75) is 32.8 Å². The molecule has 5 heteroatoms. The summed E-state index contributed by atoms with van der Waals surface area (Å²) in [5.41, 5.74) is 0.632. The van der Waals surface area contributed by atoms with E-state index in [1.54, 1.807) is 25.8 Å². The highest BCUT2D eigenvalue weighted by Gasteiger charge is 2.30. The van der Waals surface area contributed by atoms with Crippen LogP contribution in [-0.4, -0.2) is 40.6 Å². The van der Waals surface area contributed by atoms with Gasteiger partial charge in [0.15, 0.2) is 5.89 Å². The SMILES string of the molecule is Cc1nc(C)c(C(=O)N(C)CC2CC(O)C2)o1. The van der Waals surface area contributed by atoms with E-state index in [1.165, 1.54) is 0 Å². The van der Waals surface area contributed by atoms with E-state index in [0.29, 0.717) is 29.8 Å². The van der Waals surface area contributed by atoms with Gasteiger partial charge in [0.05, 0.1) is 11.8 Å². The predicted octanol–water partition coefficient (Wildman–Crippen LogP) is 1.13. The Balaban J connectivity index is 1.97. The van der Waals surface area contributed by atoms with Crippen LogP contribution in [0, 0.1) is 19.8 Å². The fourth-order valence-corrected chi connectivity index (χ4v) is 2.22. The van der Waals surface area contributed by atoms with Crippen LogP contribution in [0.1, 0.15) is 35.0 Å². The molecule has 1 aliphatic carbocycles. The second-order valence-corrected chi connectivity index (χ2v) is 4.82. The molecular weight excluding hydrogens is 220 g/mol. The van der Waals surface area contributed by atoms with Gasteiger partial charge in [0.2, 0.25) is 5.76 Å². The van der Waals surface area contributed by atoms with Crippen LogP contribution in [0.25, 0.3) is 0 Å². The quantitative estimate of drug-likeness (QED) is 0.857. The van der Waals surface area contributed by atoms with E-state index in [1.807, 2.05) is 0 Å². The number of nitrogens with zero attached hydrogens (tertiary/aromatic N) is 2. The van der Waals surface area contributed by atoms with Gasteiger partial charge in [-0.05, 0) is 25.7 Å². The number of aryl methyl sites for hydroxylation is 2. The minimum Gasteiger partial charge on any atom is -0.436 e. The van der Waals surface area contributed by atoms with Gasteiger partial charge in [0.1, 0.15) is 0 Å². The van der Waals surface area contributed by atoms with Crippen LogP contribution >= 0.6 is 0 Å². The van der Waals surface area contributed by atoms with E-state index in [-0.39, 0.29) is 12.0 Å². The van der Waals surface area contributed by atoms with Gasteiger partial charge in [-0.3, -0.25) is 4.79 Å². The van der Waals surface area contributed by atoms with Crippen molar-refractivity contribution in [1.82, 2.24) is 9.88 Å². The molecule has 1 aromatic rings. The molecule has 17 heavy (non-hydrogen) atoms. The third-order valence-electron chi connectivity index (χ3n) is 3.19. The maximum Gasteiger partial charge on any atom is 0.291 e. The predicted molar refractivity (Wildman–Crippen MR) is 61.7 cm³/mol. The fraction of sp³-hybridized carbons (Fsp3) is 0.667. The van der Waals surface area contributed by atoms with Crippen LogP contribution in [0.2, 0.25) is 0 Å². The average Bonchev–Trinajstić information content (AvgIpc) is 2.54. The summed E-state index contributed by atoms with van der Waals surface area (Å²) in [5, 5.41) is 9.20. The summed E-state index contributed by atoms with van der Waals surface area (Å²) in [4.78, 5) is 17.8. The molecule has 0 atom stereocenters. The zero-order chi connectivity index (χ0) is 12.6. The molecule has 1 aliphatic rings. The molecule has 1 amide bonds. The summed E-state index contributed by atoms with van der Waals surface area (Å²) >= 11 is 0. The Kier molecular flexibility index (Phi) is 3.19. The van der Waals surface area contributed by atoms with Gasteiger partial charge in [0.25, 0.3) is 5.91 Å². The lowest BCUT2D eigenvalue weighted by molar-refractivity contribution is 0.0257. The normalized spacial score (nSPS) is 23.3. The number of hydrogen-bond acceptors (Lipinski definition) is 4. The zero-order valence-corrected chi connectivity index (χ0v) is 10.4. The van der Waals surface area contributed by atoms with Crippen molar-refractivity contribution < 1.29 is 14.3 Å². The Hall–Kier alpha value is -1.36. The number of aliphatic hydroxyl groups excluding tert-OH is 1. The summed E-state index contributed by atoms with van der Waals surface area (Å²) in [6.45, 7) is 4.16. The first-order valence-corrected chi connectivity index (χ1v) is 5.85. The van der Waals surface area contributed by atoms with Gasteiger partial charge >= 0.3 is 0 Å². The molecule has 1 fully saturated rings. The molecule has 2 rings (SSSR count). The lowest BCUT2D eigenvalue weighted by Gasteiger charge is -2.34. The van der Waals surface area contributed by atoms with Crippen molar-refractivity contribution >= 4 is 5.91 Å². The molecular formula is C12H18N2O3. The van der Waals surface area contributed by atoms with Gasteiger partial charge in [-0.25, -0.2) is 4.98 Å². The summed E-state index contributed by atoms with van der Waals surface area (Å²) in [6, 6.07) is 0. The van der Waals surface area contributed by atoms with Crippen molar-refractivity contribution in [2.75, 3.05) is 13.6 Å². The van der Waals surface area contributed by atoms with E-state index in [0.717, 1.165) is 12.8 Å². The lowest BCUT2D eigenvalue weighted by atomic mass is 9.82. The Morgan fingerprint density at radius 2 is 2.18 bits per heavy atom. The molecule has 0 aliphatic heterocycles. The highest BCUT2D eigenvalue weighted by Crippen LogP contribution is 2.28. The molecule has 0 unspecified atom stereocenters. The van der Waals surface area contributed by atoms with Crippen molar-refractivity contribution in [3.8, 4) is 0 Å². The Labute approximate surface area is 100 Å². The molecule has 0 radical (unpaired) electrons. The number of carbonyl (C=O) groups excluding carboxylic acids is 1. The molecule has 0 bridgehead atoms. The topological polar surface area (TPSA) is 66.6 Å². The van der Waals surface area contributed by atoms with Crippen LogP contribution in [-0.2, 0) is 0 Å². The van der Waals surface area contributed by atoms with E-state index in [4.69, 9.17) is 4.42 Å². The van der Waals surface area contributed by atoms with Gasteiger partial charge < -0.3 is 14.4 Å². The second kappa shape index (κ2) is 4.49. The number of aliphatic hydroxyl groups is 1. The molecule has 1 saturated carbocycles. The first-order valence-electron chi connectivity index (χ1n) is 5.85. The second-order valence-electron chi connectivity index (χ2n) is 4.82. The fourth-order valence-electron chi connectivity index (χ4n) is 2.22. The molecule has 1 N–H and O–H groups in total. The molecule has 94 valence electrons. The average molecular weight is 238 g/mol. The van der Waals surface area contributed by atoms with Crippen molar-refractivity contribution in [1.29, 1.82) is 0 Å². The maximum absolute atomic E-state index is 12.1. The van der Waals surface area contributed by atoms with Gasteiger partial charge in [-0.15, -0.1) is 0 Å². The third kappa shape index (κ3) is 2.49. The molecule has 0 saturated heterocycles. The molecule has 1 heterocycles. The van der Waals surface area contributed by atoms with Gasteiger partial charge in [-0.2, -0.15) is 0 Å². The largest absolute Gasteiger partial charge is 0.436 e. The number of rotatable bonds is 3. The highest BCUT2D eigenvalue weighted by molar-refractivity contribution is 5.92. The molecule has 5 nitrogen and oxygen atoms in total. The zero-order valence-electron chi connectivity index (χ0n) is 10.4. The van der Waals surface area contributed by atoms with Crippen LogP contribution in [0.3, 0.4) is 0 Å². The minimum atomic E-state index is -0.183. The van der Waals surface area contributed by atoms with Crippen molar-refractivity contribution in [3.05, 3.63) is 17.3 Å². The highest BCUT2D eigenvalue weighted by atomic mass is 16.4. The summed E-state index contributed by atoms with van der Waals surface area (Å²) in [7, 11) is 1.75. The Morgan fingerprint density at radius 3 is 2.65 bits per heavy atom. The molecule has 1 aromatic heterocycles. The van der Waals surface area contributed by atoms with E-state index in [9.17, 15) is 9.90 Å². The van der Waals surface area contributed by atoms with E-state index >= 15 is 0 Å². The number of carbonyl (C=O) groups is 1. The van der Waals surface area contributed by atoms with E-state index in [2.05, 4.69) is 4.98 Å².